The Balaban J connectivity index is 1.33. The highest BCUT2D eigenvalue weighted by Crippen LogP contribution is 2.29. The van der Waals surface area contributed by atoms with E-state index in [0.29, 0.717) is 12.1 Å². The fourth-order valence-corrected chi connectivity index (χ4v) is 5.61. The highest BCUT2D eigenvalue weighted by Gasteiger charge is 2.18. The van der Waals surface area contributed by atoms with E-state index in [9.17, 15) is 4.79 Å². The minimum absolute atomic E-state index is 0.0185. The van der Waals surface area contributed by atoms with Crippen molar-refractivity contribution in [3.8, 4) is 11.3 Å². The van der Waals surface area contributed by atoms with Crippen LogP contribution in [0.25, 0.3) is 22.2 Å². The molecular weight excluding hydrogens is 480 g/mol. The molecule has 0 aliphatic rings. The molecule has 0 bridgehead atoms. The maximum Gasteiger partial charge on any atom is 0.252 e. The lowest BCUT2D eigenvalue weighted by Gasteiger charge is -2.11. The molecular formula is C34H52N4O. The topological polar surface area (TPSA) is 59.8 Å². The van der Waals surface area contributed by atoms with Gasteiger partial charge in [-0.25, -0.2) is 4.98 Å². The number of aryl methyl sites for hydroxylation is 2. The zero-order valence-corrected chi connectivity index (χ0v) is 25.2. The third-order valence-electron chi connectivity index (χ3n) is 8.04. The number of nitrogens with zero attached hydrogens (tertiary/aromatic N) is 3. The second kappa shape index (κ2) is 17.1. The van der Waals surface area contributed by atoms with Crippen LogP contribution in [-0.2, 0) is 7.05 Å². The summed E-state index contributed by atoms with van der Waals surface area (Å²) in [4.78, 5) is 18.1. The number of hydrogen-bond donors (Lipinski definition) is 1. The lowest BCUT2D eigenvalue weighted by molar-refractivity contribution is 0.0954. The zero-order chi connectivity index (χ0) is 27.9. The summed E-state index contributed by atoms with van der Waals surface area (Å²) in [6, 6.07) is 9.84. The lowest BCUT2D eigenvalue weighted by Crippen LogP contribution is -2.24. The number of unbranched alkanes of at least 4 members (excludes halogenated alkanes) is 15. The van der Waals surface area contributed by atoms with Gasteiger partial charge in [-0.2, -0.15) is 5.10 Å². The molecule has 214 valence electrons. The third kappa shape index (κ3) is 9.77. The molecule has 0 fully saturated rings. The number of carbonyl (C=O) groups is 1. The number of nitrogens with one attached hydrogen (secondary N) is 1. The summed E-state index contributed by atoms with van der Waals surface area (Å²) in [7, 11) is 1.94. The van der Waals surface area contributed by atoms with Crippen molar-refractivity contribution in [3.63, 3.8) is 0 Å². The smallest absolute Gasteiger partial charge is 0.252 e. The largest absolute Gasteiger partial charge is 0.352 e. The minimum Gasteiger partial charge on any atom is -0.352 e. The van der Waals surface area contributed by atoms with E-state index in [4.69, 9.17) is 4.98 Å². The predicted molar refractivity (Wildman–Crippen MR) is 165 cm³/mol. The summed E-state index contributed by atoms with van der Waals surface area (Å²) in [6.07, 6.45) is 21.6. The molecule has 1 N–H and O–H groups in total. The zero-order valence-electron chi connectivity index (χ0n) is 25.2. The monoisotopic (exact) mass is 532 g/mol. The molecule has 1 aromatic carbocycles. The van der Waals surface area contributed by atoms with E-state index < -0.39 is 0 Å². The normalized spacial score (nSPS) is 11.4. The van der Waals surface area contributed by atoms with Crippen LogP contribution < -0.4 is 5.32 Å². The average Bonchev–Trinajstić information content (AvgIpc) is 3.20. The number of pyridine rings is 1. The maximum atomic E-state index is 13.2. The molecule has 0 saturated carbocycles. The second-order valence-electron chi connectivity index (χ2n) is 11.3. The van der Waals surface area contributed by atoms with Crippen molar-refractivity contribution in [2.75, 3.05) is 6.54 Å². The van der Waals surface area contributed by atoms with Crippen molar-refractivity contribution in [2.45, 2.75) is 124 Å². The summed E-state index contributed by atoms with van der Waals surface area (Å²) in [5.41, 5.74) is 5.33. The van der Waals surface area contributed by atoms with E-state index in [0.717, 1.165) is 40.0 Å². The van der Waals surface area contributed by atoms with Crippen molar-refractivity contribution in [2.24, 2.45) is 7.05 Å². The number of hydrogen-bond acceptors (Lipinski definition) is 3. The van der Waals surface area contributed by atoms with Gasteiger partial charge in [-0.15, -0.1) is 0 Å². The summed E-state index contributed by atoms with van der Waals surface area (Å²) in [5.74, 6) is -0.0185. The quantitative estimate of drug-likeness (QED) is 0.157. The molecule has 0 aliphatic heterocycles. The van der Waals surface area contributed by atoms with Crippen molar-refractivity contribution in [1.82, 2.24) is 20.1 Å². The van der Waals surface area contributed by atoms with Gasteiger partial charge in [0.25, 0.3) is 5.91 Å². The molecule has 0 atom stereocenters. The van der Waals surface area contributed by atoms with E-state index in [2.05, 4.69) is 17.3 Å². The number of carbonyl (C=O) groups excluding carboxylic acids is 1. The second-order valence-corrected chi connectivity index (χ2v) is 11.3. The van der Waals surface area contributed by atoms with Crippen LogP contribution in [0.4, 0.5) is 0 Å². The van der Waals surface area contributed by atoms with E-state index in [1.165, 1.54) is 96.3 Å². The summed E-state index contributed by atoms with van der Waals surface area (Å²) in [5, 5.41) is 8.60. The average molecular weight is 533 g/mol. The molecule has 5 nitrogen and oxygen atoms in total. The van der Waals surface area contributed by atoms with Gasteiger partial charge in [0.1, 0.15) is 0 Å². The van der Waals surface area contributed by atoms with Gasteiger partial charge < -0.3 is 5.32 Å². The molecule has 5 heteroatoms. The van der Waals surface area contributed by atoms with E-state index >= 15 is 0 Å². The third-order valence-corrected chi connectivity index (χ3v) is 8.04. The van der Waals surface area contributed by atoms with Crippen molar-refractivity contribution < 1.29 is 4.79 Å². The Hall–Kier alpha value is -2.69. The molecule has 3 aromatic rings. The van der Waals surface area contributed by atoms with Crippen molar-refractivity contribution in [1.29, 1.82) is 0 Å². The van der Waals surface area contributed by atoms with Crippen LogP contribution in [0.5, 0.6) is 0 Å². The van der Waals surface area contributed by atoms with Gasteiger partial charge in [0.2, 0.25) is 0 Å². The Labute approximate surface area is 237 Å². The summed E-state index contributed by atoms with van der Waals surface area (Å²) >= 11 is 0. The van der Waals surface area contributed by atoms with Gasteiger partial charge in [0.15, 0.2) is 0 Å². The molecule has 0 unspecified atom stereocenters. The van der Waals surface area contributed by atoms with E-state index in [-0.39, 0.29) is 5.91 Å². The molecule has 0 saturated heterocycles. The summed E-state index contributed by atoms with van der Waals surface area (Å²) < 4.78 is 1.87. The fourth-order valence-electron chi connectivity index (χ4n) is 5.61. The first-order valence-corrected chi connectivity index (χ1v) is 15.7. The number of benzene rings is 1. The minimum atomic E-state index is -0.0185. The van der Waals surface area contributed by atoms with Gasteiger partial charge >= 0.3 is 0 Å². The van der Waals surface area contributed by atoms with Crippen LogP contribution in [0.3, 0.4) is 0 Å². The first-order chi connectivity index (χ1) is 19.0. The molecule has 1 amide bonds. The number of amides is 1. The first kappa shape index (κ1) is 30.8. The highest BCUT2D eigenvalue weighted by molar-refractivity contribution is 6.07. The SMILES string of the molecule is CCCCCCCCCCCCCCCCCCNC(=O)c1cc(-c2c(C)nn(C)c2C)nc2ccccc12. The maximum absolute atomic E-state index is 13.2. The molecule has 2 heterocycles. The van der Waals surface area contributed by atoms with Gasteiger partial charge in [0, 0.05) is 30.2 Å². The number of para-hydroxylation sites is 1. The number of aromatic nitrogens is 3. The highest BCUT2D eigenvalue weighted by atomic mass is 16.1. The van der Waals surface area contributed by atoms with Crippen LogP contribution in [0.2, 0.25) is 0 Å². The number of fused-ring (bicyclic) bond motifs is 1. The van der Waals surface area contributed by atoms with Crippen LogP contribution >= 0.6 is 0 Å². The Kier molecular flexibility index (Phi) is 13.5. The van der Waals surface area contributed by atoms with Crippen LogP contribution in [0, 0.1) is 13.8 Å². The molecule has 2 aromatic heterocycles. The Morgan fingerprint density at radius 1 is 0.795 bits per heavy atom. The summed E-state index contributed by atoms with van der Waals surface area (Å²) in [6.45, 7) is 7.04. The standard InChI is InChI=1S/C34H52N4O/c1-5-6-7-8-9-10-11-12-13-14-15-16-17-18-19-22-25-35-34(39)30-26-32(33-27(2)37-38(4)28(33)3)36-31-24-21-20-23-29(30)31/h20-21,23-24,26H,5-19,22,25H2,1-4H3,(H,35,39). The van der Waals surface area contributed by atoms with Gasteiger partial charge in [-0.3, -0.25) is 9.48 Å². The lowest BCUT2D eigenvalue weighted by atomic mass is 10.0. The van der Waals surface area contributed by atoms with Crippen LogP contribution in [0.15, 0.2) is 30.3 Å². The van der Waals surface area contributed by atoms with Crippen LogP contribution in [0.1, 0.15) is 131 Å². The van der Waals surface area contributed by atoms with Gasteiger partial charge in [-0.1, -0.05) is 121 Å². The van der Waals surface area contributed by atoms with Crippen molar-refractivity contribution >= 4 is 16.8 Å². The predicted octanol–water partition coefficient (Wildman–Crippen LogP) is 9.24. The molecule has 0 radical (unpaired) electrons. The Morgan fingerprint density at radius 2 is 1.33 bits per heavy atom. The van der Waals surface area contributed by atoms with Gasteiger partial charge in [0.05, 0.1) is 22.5 Å². The first-order valence-electron chi connectivity index (χ1n) is 15.7. The molecule has 3 rings (SSSR count). The van der Waals surface area contributed by atoms with E-state index in [1.54, 1.807) is 0 Å². The molecule has 39 heavy (non-hydrogen) atoms. The van der Waals surface area contributed by atoms with Gasteiger partial charge in [-0.05, 0) is 32.4 Å². The molecule has 0 aliphatic carbocycles. The Morgan fingerprint density at radius 3 is 1.87 bits per heavy atom. The van der Waals surface area contributed by atoms with Crippen molar-refractivity contribution in [3.05, 3.63) is 47.3 Å². The number of rotatable bonds is 19. The van der Waals surface area contributed by atoms with Crippen LogP contribution in [-0.4, -0.2) is 27.2 Å². The van der Waals surface area contributed by atoms with E-state index in [1.807, 2.05) is 55.9 Å². The molecule has 0 spiro atoms. The fraction of sp³-hybridized carbons (Fsp3) is 0.618. The Bertz CT molecular complexity index is 1150.